The summed E-state index contributed by atoms with van der Waals surface area (Å²) in [5.74, 6) is -0.105. The van der Waals surface area contributed by atoms with Crippen molar-refractivity contribution in [1.29, 1.82) is 0 Å². The molecule has 3 rings (SSSR count). The first-order valence-electron chi connectivity index (χ1n) is 9.16. The number of amides is 1. The summed E-state index contributed by atoms with van der Waals surface area (Å²) in [6, 6.07) is 14.6. The zero-order valence-electron chi connectivity index (χ0n) is 16.8. The van der Waals surface area contributed by atoms with Crippen LogP contribution in [-0.2, 0) is 14.8 Å². The van der Waals surface area contributed by atoms with Gasteiger partial charge in [0.2, 0.25) is 15.9 Å². The van der Waals surface area contributed by atoms with Gasteiger partial charge in [0.05, 0.1) is 11.4 Å². The van der Waals surface area contributed by atoms with Gasteiger partial charge in [-0.2, -0.15) is 4.31 Å². The predicted octanol–water partition coefficient (Wildman–Crippen LogP) is 2.31. The van der Waals surface area contributed by atoms with Crippen LogP contribution in [0.25, 0.3) is 11.4 Å². The standard InChI is InChI=1S/C21H22N4O4S/c1-14-7-9-18(10-8-14)30(28,29)25(3)13-20(27)23-17-6-4-5-16(12-17)21-22-15(2)11-19(26)24-21/h4-12H,13H2,1-3H3,(H,23,27)(H,22,24,26). The van der Waals surface area contributed by atoms with Gasteiger partial charge in [-0.05, 0) is 38.1 Å². The molecular formula is C21H22N4O4S. The zero-order valence-corrected chi connectivity index (χ0v) is 17.7. The predicted molar refractivity (Wildman–Crippen MR) is 115 cm³/mol. The summed E-state index contributed by atoms with van der Waals surface area (Å²) in [5.41, 5.74) is 2.33. The van der Waals surface area contributed by atoms with E-state index in [0.717, 1.165) is 9.87 Å². The van der Waals surface area contributed by atoms with Crippen LogP contribution >= 0.6 is 0 Å². The molecule has 156 valence electrons. The second-order valence-electron chi connectivity index (χ2n) is 6.94. The Labute approximate surface area is 174 Å². The van der Waals surface area contributed by atoms with E-state index in [2.05, 4.69) is 15.3 Å². The van der Waals surface area contributed by atoms with Gasteiger partial charge >= 0.3 is 0 Å². The molecule has 3 aromatic rings. The minimum absolute atomic E-state index is 0.125. The molecule has 0 saturated heterocycles. The molecule has 30 heavy (non-hydrogen) atoms. The summed E-state index contributed by atoms with van der Waals surface area (Å²) < 4.78 is 26.3. The molecule has 0 bridgehead atoms. The fourth-order valence-corrected chi connectivity index (χ4v) is 3.97. The van der Waals surface area contributed by atoms with Crippen molar-refractivity contribution in [1.82, 2.24) is 14.3 Å². The van der Waals surface area contributed by atoms with Gasteiger partial charge in [-0.25, -0.2) is 13.4 Å². The number of anilines is 1. The molecule has 0 radical (unpaired) electrons. The first-order chi connectivity index (χ1) is 14.1. The monoisotopic (exact) mass is 426 g/mol. The number of nitrogens with zero attached hydrogens (tertiary/aromatic N) is 2. The van der Waals surface area contributed by atoms with Gasteiger partial charge in [0, 0.05) is 30.1 Å². The van der Waals surface area contributed by atoms with Crippen LogP contribution in [0.4, 0.5) is 5.69 Å². The van der Waals surface area contributed by atoms with Gasteiger partial charge < -0.3 is 10.3 Å². The summed E-state index contributed by atoms with van der Waals surface area (Å²) in [4.78, 5) is 31.2. The topological polar surface area (TPSA) is 112 Å². The summed E-state index contributed by atoms with van der Waals surface area (Å²) in [6.45, 7) is 3.23. The number of aromatic amines is 1. The van der Waals surface area contributed by atoms with Gasteiger partial charge in [-0.1, -0.05) is 29.8 Å². The molecule has 0 aliphatic carbocycles. The summed E-state index contributed by atoms with van der Waals surface area (Å²) in [5, 5.41) is 2.68. The molecule has 2 N–H and O–H groups in total. The maximum atomic E-state index is 12.6. The molecule has 8 nitrogen and oxygen atoms in total. The van der Waals surface area contributed by atoms with Crippen molar-refractivity contribution < 1.29 is 13.2 Å². The van der Waals surface area contributed by atoms with Crippen molar-refractivity contribution in [3.05, 3.63) is 76.2 Å². The molecule has 0 aliphatic rings. The van der Waals surface area contributed by atoms with E-state index in [9.17, 15) is 18.0 Å². The number of sulfonamides is 1. The van der Waals surface area contributed by atoms with Crippen LogP contribution in [0.3, 0.4) is 0 Å². The highest BCUT2D eigenvalue weighted by molar-refractivity contribution is 7.89. The third-order valence-corrected chi connectivity index (χ3v) is 6.20. The molecule has 1 amide bonds. The largest absolute Gasteiger partial charge is 0.325 e. The fraction of sp³-hybridized carbons (Fsp3) is 0.190. The summed E-state index contributed by atoms with van der Waals surface area (Å²) in [6.07, 6.45) is 0. The Hall–Kier alpha value is -3.30. The van der Waals surface area contributed by atoms with Crippen molar-refractivity contribution in [3.63, 3.8) is 0 Å². The lowest BCUT2D eigenvalue weighted by Gasteiger charge is -2.17. The number of H-pyrrole nitrogens is 1. The number of rotatable bonds is 6. The first kappa shape index (κ1) is 21.4. The van der Waals surface area contributed by atoms with E-state index < -0.39 is 15.9 Å². The minimum atomic E-state index is -3.78. The highest BCUT2D eigenvalue weighted by Crippen LogP contribution is 2.19. The van der Waals surface area contributed by atoms with Crippen LogP contribution in [0.1, 0.15) is 11.3 Å². The average molecular weight is 426 g/mol. The van der Waals surface area contributed by atoms with Gasteiger partial charge in [-0.3, -0.25) is 9.59 Å². The number of aryl methyl sites for hydroxylation is 2. The highest BCUT2D eigenvalue weighted by Gasteiger charge is 2.22. The lowest BCUT2D eigenvalue weighted by molar-refractivity contribution is -0.116. The molecule has 0 unspecified atom stereocenters. The molecule has 1 heterocycles. The maximum Gasteiger partial charge on any atom is 0.251 e. The van der Waals surface area contributed by atoms with Gasteiger partial charge in [0.15, 0.2) is 0 Å². The van der Waals surface area contributed by atoms with Crippen LogP contribution in [0.5, 0.6) is 0 Å². The number of nitrogens with one attached hydrogen (secondary N) is 2. The number of aromatic nitrogens is 2. The Morgan fingerprint density at radius 1 is 1.10 bits per heavy atom. The first-order valence-corrected chi connectivity index (χ1v) is 10.6. The molecule has 0 fully saturated rings. The van der Waals surface area contributed by atoms with Crippen LogP contribution in [0.2, 0.25) is 0 Å². The van der Waals surface area contributed by atoms with Crippen molar-refractivity contribution in [2.45, 2.75) is 18.7 Å². The molecule has 0 spiro atoms. The lowest BCUT2D eigenvalue weighted by atomic mass is 10.2. The Morgan fingerprint density at radius 3 is 2.47 bits per heavy atom. The van der Waals surface area contributed by atoms with Crippen molar-refractivity contribution in [2.75, 3.05) is 18.9 Å². The third kappa shape index (κ3) is 5.00. The smallest absolute Gasteiger partial charge is 0.251 e. The molecule has 0 saturated carbocycles. The van der Waals surface area contributed by atoms with Gasteiger partial charge in [0.1, 0.15) is 5.82 Å². The molecule has 9 heteroatoms. The number of hydrogen-bond donors (Lipinski definition) is 2. The second-order valence-corrected chi connectivity index (χ2v) is 8.98. The van der Waals surface area contributed by atoms with Gasteiger partial charge in [-0.15, -0.1) is 0 Å². The number of carbonyl (C=O) groups excluding carboxylic acids is 1. The fourth-order valence-electron chi connectivity index (χ4n) is 2.84. The van der Waals surface area contributed by atoms with Crippen molar-refractivity contribution >= 4 is 21.6 Å². The van der Waals surface area contributed by atoms with E-state index in [0.29, 0.717) is 22.8 Å². The number of carbonyl (C=O) groups is 1. The van der Waals surface area contributed by atoms with E-state index in [-0.39, 0.29) is 17.0 Å². The lowest BCUT2D eigenvalue weighted by Crippen LogP contribution is -2.34. The third-order valence-electron chi connectivity index (χ3n) is 4.38. The Morgan fingerprint density at radius 2 is 1.80 bits per heavy atom. The number of likely N-dealkylation sites (N-methyl/N-ethyl adjacent to an activating group) is 1. The molecule has 0 atom stereocenters. The maximum absolute atomic E-state index is 12.6. The van der Waals surface area contributed by atoms with E-state index in [1.807, 2.05) is 6.92 Å². The second kappa shape index (κ2) is 8.60. The quantitative estimate of drug-likeness (QED) is 0.628. The van der Waals surface area contributed by atoms with E-state index in [1.165, 1.54) is 25.2 Å². The van der Waals surface area contributed by atoms with Crippen LogP contribution in [0.15, 0.2) is 64.3 Å². The van der Waals surface area contributed by atoms with Crippen LogP contribution in [0, 0.1) is 13.8 Å². The molecule has 0 aliphatic heterocycles. The Kier molecular flexibility index (Phi) is 6.14. The van der Waals surface area contributed by atoms with Crippen molar-refractivity contribution in [2.24, 2.45) is 0 Å². The SMILES string of the molecule is Cc1ccc(S(=O)(=O)N(C)CC(=O)Nc2cccc(-c3nc(C)cc(=O)[nH]3)c2)cc1. The molecule has 2 aromatic carbocycles. The summed E-state index contributed by atoms with van der Waals surface area (Å²) in [7, 11) is -2.43. The van der Waals surface area contributed by atoms with Crippen molar-refractivity contribution in [3.8, 4) is 11.4 Å². The highest BCUT2D eigenvalue weighted by atomic mass is 32.2. The van der Waals surface area contributed by atoms with Gasteiger partial charge in [0.25, 0.3) is 5.56 Å². The van der Waals surface area contributed by atoms with E-state index >= 15 is 0 Å². The average Bonchev–Trinajstić information content (AvgIpc) is 2.67. The molecule has 1 aromatic heterocycles. The molecular weight excluding hydrogens is 404 g/mol. The van der Waals surface area contributed by atoms with E-state index in [4.69, 9.17) is 0 Å². The van der Waals surface area contributed by atoms with Crippen LogP contribution in [-0.4, -0.2) is 42.2 Å². The normalized spacial score (nSPS) is 11.5. The van der Waals surface area contributed by atoms with Crippen LogP contribution < -0.4 is 10.9 Å². The zero-order chi connectivity index (χ0) is 21.9. The Bertz CT molecular complexity index is 1230. The number of benzene rings is 2. The minimum Gasteiger partial charge on any atom is -0.325 e. The Balaban J connectivity index is 1.73. The van der Waals surface area contributed by atoms with E-state index in [1.54, 1.807) is 43.3 Å². The number of hydrogen-bond acceptors (Lipinski definition) is 5. The summed E-state index contributed by atoms with van der Waals surface area (Å²) >= 11 is 0.